The Morgan fingerprint density at radius 3 is 2.36 bits per heavy atom. The van der Waals surface area contributed by atoms with E-state index < -0.39 is 0 Å². The average molecular weight is 400 g/mol. The molecule has 0 spiro atoms. The predicted molar refractivity (Wildman–Crippen MR) is 99.7 cm³/mol. The third kappa shape index (κ3) is 3.58. The van der Waals surface area contributed by atoms with Crippen LogP contribution < -0.4 is 10.4 Å². The molecule has 0 unspecified atom stereocenters. The summed E-state index contributed by atoms with van der Waals surface area (Å²) in [6.07, 6.45) is 1.83. The summed E-state index contributed by atoms with van der Waals surface area (Å²) in [4.78, 5) is 12.5. The van der Waals surface area contributed by atoms with Crippen molar-refractivity contribution in [2.24, 2.45) is 7.05 Å². The van der Waals surface area contributed by atoms with E-state index in [0.29, 0.717) is 5.56 Å². The Hall–Kier alpha value is -2.60. The number of ether oxygens (including phenoxy) is 1. The number of rotatable bonds is 5. The molecule has 25 heavy (non-hydrogen) atoms. The van der Waals surface area contributed by atoms with E-state index in [9.17, 15) is 4.79 Å². The van der Waals surface area contributed by atoms with E-state index in [-0.39, 0.29) is 17.9 Å². The van der Waals surface area contributed by atoms with Crippen LogP contribution in [0.2, 0.25) is 0 Å². The lowest BCUT2D eigenvalue weighted by atomic mass is 10.1. The van der Waals surface area contributed by atoms with E-state index >= 15 is 0 Å². The van der Waals surface area contributed by atoms with Crippen molar-refractivity contribution in [1.29, 1.82) is 5.41 Å². The first kappa shape index (κ1) is 17.2. The highest BCUT2D eigenvalue weighted by molar-refractivity contribution is 9.10. The zero-order chi connectivity index (χ0) is 18.0. The highest BCUT2D eigenvalue weighted by Gasteiger charge is 2.12. The topological polar surface area (TPSA) is 60.0 Å². The lowest BCUT2D eigenvalue weighted by Gasteiger charge is -2.03. The van der Waals surface area contributed by atoms with Gasteiger partial charge in [-0.3, -0.25) is 10.2 Å². The molecule has 6 heteroatoms. The minimum Gasteiger partial charge on any atom is -0.497 e. The van der Waals surface area contributed by atoms with Crippen molar-refractivity contribution in [2.75, 3.05) is 7.11 Å². The van der Waals surface area contributed by atoms with Gasteiger partial charge in [0.2, 0.25) is 5.62 Å². The maximum atomic E-state index is 12.5. The summed E-state index contributed by atoms with van der Waals surface area (Å²) in [5.74, 6) is 0.750. The Morgan fingerprint density at radius 2 is 1.76 bits per heavy atom. The molecule has 128 valence electrons. The molecule has 0 aliphatic carbocycles. The molecule has 0 fully saturated rings. The number of halogens is 1. The van der Waals surface area contributed by atoms with Crippen LogP contribution in [0.1, 0.15) is 10.4 Å². The van der Waals surface area contributed by atoms with E-state index in [0.717, 1.165) is 21.5 Å². The predicted octanol–water partition coefficient (Wildman–Crippen LogP) is 3.63. The molecular formula is C19H18BrN3O2. The number of benzene rings is 2. The number of imidazole rings is 1. The molecule has 3 rings (SSSR count). The number of hydrogen-bond donors (Lipinski definition) is 1. The highest BCUT2D eigenvalue weighted by Crippen LogP contribution is 2.21. The van der Waals surface area contributed by atoms with Crippen LogP contribution in [0.3, 0.4) is 0 Å². The van der Waals surface area contributed by atoms with Gasteiger partial charge in [-0.05, 0) is 42.0 Å². The molecule has 0 atom stereocenters. The van der Waals surface area contributed by atoms with Gasteiger partial charge in [0.15, 0.2) is 5.78 Å². The fourth-order valence-corrected chi connectivity index (χ4v) is 2.90. The summed E-state index contributed by atoms with van der Waals surface area (Å²) in [6, 6.07) is 14.9. The fraction of sp³-hybridized carbons (Fsp3) is 0.158. The number of nitrogens with zero attached hydrogens (tertiary/aromatic N) is 2. The Morgan fingerprint density at radius 1 is 1.12 bits per heavy atom. The first-order valence-corrected chi connectivity index (χ1v) is 8.53. The Bertz CT molecular complexity index is 954. The van der Waals surface area contributed by atoms with Gasteiger partial charge in [0.25, 0.3) is 0 Å². The molecule has 0 saturated carbocycles. The van der Waals surface area contributed by atoms with Gasteiger partial charge in [-0.25, -0.2) is 0 Å². The van der Waals surface area contributed by atoms with Crippen molar-refractivity contribution in [3.05, 3.63) is 70.4 Å². The van der Waals surface area contributed by atoms with E-state index in [1.807, 2.05) is 49.6 Å². The van der Waals surface area contributed by atoms with Crippen molar-refractivity contribution in [3.8, 4) is 17.0 Å². The molecule has 0 aliphatic heterocycles. The third-order valence-corrected chi connectivity index (χ3v) is 4.62. The van der Waals surface area contributed by atoms with Gasteiger partial charge in [-0.1, -0.05) is 28.1 Å². The lowest BCUT2D eigenvalue weighted by Crippen LogP contribution is -2.25. The van der Waals surface area contributed by atoms with Gasteiger partial charge in [0, 0.05) is 23.3 Å². The number of carbonyl (C=O) groups is 1. The molecule has 1 aromatic heterocycles. The van der Waals surface area contributed by atoms with Crippen LogP contribution in [0.4, 0.5) is 0 Å². The molecule has 5 nitrogen and oxygen atoms in total. The maximum absolute atomic E-state index is 12.5. The van der Waals surface area contributed by atoms with Crippen LogP contribution in [0.5, 0.6) is 5.75 Å². The molecule has 1 heterocycles. The SMILES string of the molecule is COc1ccc(-c2cn(CC(=O)c3ccc(Br)cc3)c(=N)n2C)cc1. The summed E-state index contributed by atoms with van der Waals surface area (Å²) in [7, 11) is 3.45. The van der Waals surface area contributed by atoms with Crippen LogP contribution in [-0.4, -0.2) is 22.0 Å². The Balaban J connectivity index is 1.89. The second-order valence-corrected chi connectivity index (χ2v) is 6.60. The monoisotopic (exact) mass is 399 g/mol. The van der Waals surface area contributed by atoms with Gasteiger partial charge in [0.05, 0.1) is 19.3 Å². The molecule has 2 aromatic carbocycles. The zero-order valence-electron chi connectivity index (χ0n) is 14.0. The van der Waals surface area contributed by atoms with Gasteiger partial charge < -0.3 is 13.9 Å². The van der Waals surface area contributed by atoms with Crippen LogP contribution >= 0.6 is 15.9 Å². The first-order chi connectivity index (χ1) is 12.0. The Labute approximate surface area is 154 Å². The number of aromatic nitrogens is 2. The summed E-state index contributed by atoms with van der Waals surface area (Å²) < 4.78 is 9.52. The van der Waals surface area contributed by atoms with Gasteiger partial charge in [-0.15, -0.1) is 0 Å². The summed E-state index contributed by atoms with van der Waals surface area (Å²) in [5, 5.41) is 8.28. The second-order valence-electron chi connectivity index (χ2n) is 5.68. The minimum absolute atomic E-state index is 0.0297. The molecule has 0 amide bonds. The molecule has 1 N–H and O–H groups in total. The molecule has 0 radical (unpaired) electrons. The number of methoxy groups -OCH3 is 1. The third-order valence-electron chi connectivity index (χ3n) is 4.10. The van der Waals surface area contributed by atoms with Crippen LogP contribution in [-0.2, 0) is 13.6 Å². The van der Waals surface area contributed by atoms with Crippen molar-refractivity contribution in [3.63, 3.8) is 0 Å². The molecule has 0 saturated heterocycles. The number of nitrogens with one attached hydrogen (secondary N) is 1. The molecular weight excluding hydrogens is 382 g/mol. The quantitative estimate of drug-likeness (QED) is 0.665. The van der Waals surface area contributed by atoms with Crippen LogP contribution in [0.25, 0.3) is 11.3 Å². The van der Waals surface area contributed by atoms with Crippen molar-refractivity contribution in [1.82, 2.24) is 9.13 Å². The molecule has 0 aliphatic rings. The lowest BCUT2D eigenvalue weighted by molar-refractivity contribution is 0.0970. The van der Waals surface area contributed by atoms with Crippen molar-refractivity contribution < 1.29 is 9.53 Å². The number of carbonyl (C=O) groups excluding carboxylic acids is 1. The van der Waals surface area contributed by atoms with Crippen LogP contribution in [0.15, 0.2) is 59.2 Å². The maximum Gasteiger partial charge on any atom is 0.202 e. The number of hydrogen-bond acceptors (Lipinski definition) is 3. The van der Waals surface area contributed by atoms with E-state index in [1.165, 1.54) is 0 Å². The largest absolute Gasteiger partial charge is 0.497 e. The Kier molecular flexibility index (Phi) is 4.90. The summed E-state index contributed by atoms with van der Waals surface area (Å²) in [5.41, 5.74) is 2.74. The van der Waals surface area contributed by atoms with Gasteiger partial charge in [-0.2, -0.15) is 0 Å². The number of ketones is 1. The van der Waals surface area contributed by atoms with E-state index in [4.69, 9.17) is 10.1 Å². The van der Waals surface area contributed by atoms with Gasteiger partial charge in [0.1, 0.15) is 5.75 Å². The standard InChI is InChI=1S/C19H18BrN3O2/c1-22-17(13-5-9-16(25-2)10-6-13)11-23(19(22)21)12-18(24)14-3-7-15(20)8-4-14/h3-11,21H,12H2,1-2H3. The number of Topliss-reactive ketones (excluding diaryl/α,β-unsaturated/α-hetero) is 1. The smallest absolute Gasteiger partial charge is 0.202 e. The van der Waals surface area contributed by atoms with E-state index in [1.54, 1.807) is 28.4 Å². The first-order valence-electron chi connectivity index (χ1n) is 7.73. The highest BCUT2D eigenvalue weighted by atomic mass is 79.9. The molecule has 0 bridgehead atoms. The zero-order valence-corrected chi connectivity index (χ0v) is 15.6. The van der Waals surface area contributed by atoms with Gasteiger partial charge >= 0.3 is 0 Å². The second kappa shape index (κ2) is 7.11. The van der Waals surface area contributed by atoms with Crippen molar-refractivity contribution in [2.45, 2.75) is 6.54 Å². The fourth-order valence-electron chi connectivity index (χ4n) is 2.63. The van der Waals surface area contributed by atoms with Crippen molar-refractivity contribution >= 4 is 21.7 Å². The molecule has 3 aromatic rings. The van der Waals surface area contributed by atoms with E-state index in [2.05, 4.69) is 15.9 Å². The van der Waals surface area contributed by atoms with Crippen LogP contribution in [0, 0.1) is 5.41 Å². The summed E-state index contributed by atoms with van der Waals surface area (Å²) >= 11 is 3.36. The summed E-state index contributed by atoms with van der Waals surface area (Å²) in [6.45, 7) is 0.129. The average Bonchev–Trinajstić information content (AvgIpc) is 2.91. The normalized spacial score (nSPS) is 10.7. The minimum atomic E-state index is -0.0297.